The van der Waals surface area contributed by atoms with Gasteiger partial charge in [-0.1, -0.05) is 11.6 Å². The maximum Gasteiger partial charge on any atom is 0.155 e. The summed E-state index contributed by atoms with van der Waals surface area (Å²) in [6, 6.07) is 4.38. The van der Waals surface area contributed by atoms with Gasteiger partial charge in [0.1, 0.15) is 5.82 Å². The summed E-state index contributed by atoms with van der Waals surface area (Å²) in [6.45, 7) is 6.63. The van der Waals surface area contributed by atoms with Crippen molar-refractivity contribution < 1.29 is 0 Å². The van der Waals surface area contributed by atoms with E-state index in [0.717, 1.165) is 36.5 Å². The number of rotatable bonds is 2. The molecule has 1 unspecified atom stereocenters. The van der Waals surface area contributed by atoms with Crippen LogP contribution in [0, 0.1) is 0 Å². The molecule has 3 heterocycles. The van der Waals surface area contributed by atoms with Crippen LogP contribution in [0.1, 0.15) is 32.0 Å². The van der Waals surface area contributed by atoms with Gasteiger partial charge in [0.05, 0.1) is 5.52 Å². The minimum atomic E-state index is 0.434. The summed E-state index contributed by atoms with van der Waals surface area (Å²) in [4.78, 5) is 7.03. The summed E-state index contributed by atoms with van der Waals surface area (Å²) in [6.07, 6.45) is 3.05. The number of nitrogen functional groups attached to an aromatic ring is 1. The molecule has 2 N–H and O–H groups in total. The molecule has 5 heteroatoms. The molecule has 0 aromatic carbocycles. The largest absolute Gasteiger partial charge is 0.398 e. The fourth-order valence-corrected chi connectivity index (χ4v) is 3.08. The predicted octanol–water partition coefficient (Wildman–Crippen LogP) is 2.77. The molecule has 0 amide bonds. The van der Waals surface area contributed by atoms with Gasteiger partial charge < -0.3 is 10.6 Å². The van der Waals surface area contributed by atoms with Crippen LogP contribution in [0.15, 0.2) is 18.3 Å². The Bertz CT molecular complexity index is 605. The normalized spacial score (nSPS) is 20.7. The van der Waals surface area contributed by atoms with E-state index >= 15 is 0 Å². The Hall–Kier alpha value is -1.26. The summed E-state index contributed by atoms with van der Waals surface area (Å²) in [5.74, 6) is 1.47. The van der Waals surface area contributed by atoms with Crippen LogP contribution in [-0.4, -0.2) is 33.4 Å². The van der Waals surface area contributed by atoms with Gasteiger partial charge in [0.2, 0.25) is 0 Å². The minimum absolute atomic E-state index is 0.434. The van der Waals surface area contributed by atoms with E-state index in [1.807, 2.05) is 22.7 Å². The van der Waals surface area contributed by atoms with Crippen molar-refractivity contribution in [3.63, 3.8) is 0 Å². The summed E-state index contributed by atoms with van der Waals surface area (Å²) in [7, 11) is 0. The number of nitrogens with zero attached hydrogens (tertiary/aromatic N) is 3. The minimum Gasteiger partial charge on any atom is -0.398 e. The number of pyridine rings is 1. The number of halogens is 1. The summed E-state index contributed by atoms with van der Waals surface area (Å²) in [5.41, 5.74) is 7.55. The second-order valence-electron chi connectivity index (χ2n) is 5.55. The van der Waals surface area contributed by atoms with E-state index in [0.29, 0.717) is 17.1 Å². The molecule has 1 fully saturated rings. The molecule has 1 aliphatic heterocycles. The Balaban J connectivity index is 1.99. The van der Waals surface area contributed by atoms with Gasteiger partial charge >= 0.3 is 0 Å². The molecule has 0 radical (unpaired) electrons. The van der Waals surface area contributed by atoms with Crippen molar-refractivity contribution in [3.05, 3.63) is 29.3 Å². The van der Waals surface area contributed by atoms with Crippen LogP contribution in [0.2, 0.25) is 5.15 Å². The first-order chi connectivity index (χ1) is 9.06. The topological polar surface area (TPSA) is 46.6 Å². The number of hydrogen-bond acceptors (Lipinski definition) is 3. The number of nitrogens with two attached hydrogens (primary N) is 1. The van der Waals surface area contributed by atoms with E-state index in [4.69, 9.17) is 17.3 Å². The van der Waals surface area contributed by atoms with Crippen molar-refractivity contribution in [2.45, 2.75) is 32.2 Å². The highest BCUT2D eigenvalue weighted by atomic mass is 35.5. The molecule has 0 bridgehead atoms. The molecular weight excluding hydrogens is 260 g/mol. The molecule has 4 nitrogen and oxygen atoms in total. The quantitative estimate of drug-likeness (QED) is 0.919. The molecule has 1 atom stereocenters. The van der Waals surface area contributed by atoms with Gasteiger partial charge in [-0.05, 0) is 38.9 Å². The lowest BCUT2D eigenvalue weighted by atomic mass is 10.1. The van der Waals surface area contributed by atoms with Gasteiger partial charge in [-0.15, -0.1) is 0 Å². The van der Waals surface area contributed by atoms with Crippen LogP contribution in [0.4, 0.5) is 5.69 Å². The Kier molecular flexibility index (Phi) is 3.15. The van der Waals surface area contributed by atoms with Gasteiger partial charge in [0, 0.05) is 30.4 Å². The second kappa shape index (κ2) is 4.69. The van der Waals surface area contributed by atoms with E-state index in [1.54, 1.807) is 0 Å². The summed E-state index contributed by atoms with van der Waals surface area (Å²) < 4.78 is 2.05. The second-order valence-corrected chi connectivity index (χ2v) is 5.91. The van der Waals surface area contributed by atoms with Crippen LogP contribution in [-0.2, 0) is 0 Å². The highest BCUT2D eigenvalue weighted by Gasteiger charge is 2.29. The molecule has 0 saturated carbocycles. The molecule has 1 saturated heterocycles. The highest BCUT2D eigenvalue weighted by Crippen LogP contribution is 2.31. The van der Waals surface area contributed by atoms with Gasteiger partial charge in [0.15, 0.2) is 5.15 Å². The van der Waals surface area contributed by atoms with Crippen molar-refractivity contribution in [1.82, 2.24) is 14.3 Å². The SMILES string of the molecule is CC(C)N1CCC(c2nc(Cl)c3ccc(N)cn23)C1. The first-order valence-corrected chi connectivity index (χ1v) is 7.11. The van der Waals surface area contributed by atoms with E-state index < -0.39 is 0 Å². The maximum atomic E-state index is 6.22. The molecule has 0 spiro atoms. The molecule has 102 valence electrons. The fraction of sp³-hybridized carbons (Fsp3) is 0.500. The lowest BCUT2D eigenvalue weighted by molar-refractivity contribution is 0.272. The van der Waals surface area contributed by atoms with Gasteiger partial charge in [-0.2, -0.15) is 0 Å². The van der Waals surface area contributed by atoms with Crippen molar-refractivity contribution >= 4 is 22.8 Å². The third-order valence-electron chi connectivity index (χ3n) is 3.96. The molecule has 1 aliphatic rings. The number of likely N-dealkylation sites (tertiary alicyclic amines) is 1. The average molecular weight is 279 g/mol. The zero-order valence-electron chi connectivity index (χ0n) is 11.3. The molecular formula is C14H19ClN4. The Morgan fingerprint density at radius 3 is 2.89 bits per heavy atom. The number of aromatic nitrogens is 2. The standard InChI is InChI=1S/C14H19ClN4/c1-9(2)18-6-5-10(7-18)14-17-13(15)12-4-3-11(16)8-19(12)14/h3-4,8-10H,5-7,16H2,1-2H3. The third-order valence-corrected chi connectivity index (χ3v) is 4.24. The fourth-order valence-electron chi connectivity index (χ4n) is 2.84. The van der Waals surface area contributed by atoms with Crippen molar-refractivity contribution in [2.75, 3.05) is 18.8 Å². The Morgan fingerprint density at radius 1 is 1.42 bits per heavy atom. The first-order valence-electron chi connectivity index (χ1n) is 6.73. The van der Waals surface area contributed by atoms with E-state index in [1.165, 1.54) is 0 Å². The van der Waals surface area contributed by atoms with Crippen LogP contribution in [0.5, 0.6) is 0 Å². The van der Waals surface area contributed by atoms with E-state index in [2.05, 4.69) is 23.7 Å². The number of anilines is 1. The van der Waals surface area contributed by atoms with Crippen LogP contribution < -0.4 is 5.73 Å². The first kappa shape index (κ1) is 12.8. The van der Waals surface area contributed by atoms with Gasteiger partial charge in [-0.25, -0.2) is 4.98 Å². The van der Waals surface area contributed by atoms with Crippen molar-refractivity contribution in [2.24, 2.45) is 0 Å². The molecule has 3 rings (SSSR count). The monoisotopic (exact) mass is 278 g/mol. The summed E-state index contributed by atoms with van der Waals surface area (Å²) >= 11 is 6.22. The molecule has 0 aliphatic carbocycles. The predicted molar refractivity (Wildman–Crippen MR) is 78.7 cm³/mol. The smallest absolute Gasteiger partial charge is 0.155 e. The number of imidazole rings is 1. The lowest BCUT2D eigenvalue weighted by Crippen LogP contribution is -2.28. The van der Waals surface area contributed by atoms with Crippen molar-refractivity contribution in [1.29, 1.82) is 0 Å². The molecule has 2 aromatic rings. The zero-order valence-corrected chi connectivity index (χ0v) is 12.1. The molecule has 2 aromatic heterocycles. The van der Waals surface area contributed by atoms with Crippen LogP contribution >= 0.6 is 11.6 Å². The molecule has 19 heavy (non-hydrogen) atoms. The highest BCUT2D eigenvalue weighted by molar-refractivity contribution is 6.32. The van der Waals surface area contributed by atoms with Gasteiger partial charge in [0.25, 0.3) is 0 Å². The zero-order chi connectivity index (χ0) is 13.6. The van der Waals surface area contributed by atoms with E-state index in [-0.39, 0.29) is 0 Å². The van der Waals surface area contributed by atoms with Gasteiger partial charge in [-0.3, -0.25) is 4.40 Å². The number of fused-ring (bicyclic) bond motifs is 1. The third kappa shape index (κ3) is 2.19. The Labute approximate surface area is 118 Å². The van der Waals surface area contributed by atoms with E-state index in [9.17, 15) is 0 Å². The van der Waals surface area contributed by atoms with Crippen LogP contribution in [0.3, 0.4) is 0 Å². The number of hydrogen-bond donors (Lipinski definition) is 1. The average Bonchev–Trinajstić information content (AvgIpc) is 2.94. The Morgan fingerprint density at radius 2 is 2.21 bits per heavy atom. The maximum absolute atomic E-state index is 6.22. The van der Waals surface area contributed by atoms with Crippen LogP contribution in [0.25, 0.3) is 5.52 Å². The summed E-state index contributed by atoms with van der Waals surface area (Å²) in [5, 5.41) is 0.568. The van der Waals surface area contributed by atoms with Crippen molar-refractivity contribution in [3.8, 4) is 0 Å². The lowest BCUT2D eigenvalue weighted by Gasteiger charge is -2.19.